The third kappa shape index (κ3) is 3.09. The van der Waals surface area contributed by atoms with E-state index in [0.29, 0.717) is 17.9 Å². The second kappa shape index (κ2) is 7.05. The smallest absolute Gasteiger partial charge is 0.131 e. The number of benzene rings is 1. The van der Waals surface area contributed by atoms with Crippen LogP contribution < -0.4 is 16.8 Å². The van der Waals surface area contributed by atoms with E-state index in [2.05, 4.69) is 52.5 Å². The van der Waals surface area contributed by atoms with Gasteiger partial charge in [0.1, 0.15) is 19.3 Å². The lowest BCUT2D eigenvalue weighted by molar-refractivity contribution is 0.211. The van der Waals surface area contributed by atoms with Crippen molar-refractivity contribution in [3.05, 3.63) is 35.7 Å². The Kier molecular flexibility index (Phi) is 4.71. The summed E-state index contributed by atoms with van der Waals surface area (Å²) < 4.78 is 0. The van der Waals surface area contributed by atoms with Crippen molar-refractivity contribution in [3.8, 4) is 11.3 Å². The minimum atomic E-state index is -0.472. The quantitative estimate of drug-likeness (QED) is 0.706. The van der Waals surface area contributed by atoms with Gasteiger partial charge >= 0.3 is 0 Å². The standard InChI is InChI=1S/C21H28N6O/c1-21(2)17-18(24-11-25-20(17)23)15-9-8-14(10-16(15)19(21)27-28-3)26-13-6-4-12(22)5-7-13/h8-13,26H,4-7,22H2,1-3H3,(H2,23,24,25)/b27-19+/t12-,13-. The predicted octanol–water partition coefficient (Wildman–Crippen LogP) is 3.05. The minimum absolute atomic E-state index is 0.337. The number of nitrogens with two attached hydrogens (primary N) is 2. The van der Waals surface area contributed by atoms with Gasteiger partial charge in [0.05, 0.1) is 11.4 Å². The number of oxime groups is 1. The van der Waals surface area contributed by atoms with E-state index in [9.17, 15) is 0 Å². The number of anilines is 2. The number of aromatic nitrogens is 2. The number of fused-ring (bicyclic) bond motifs is 3. The fraction of sp³-hybridized carbons (Fsp3) is 0.476. The molecule has 28 heavy (non-hydrogen) atoms. The number of nitrogens with zero attached hydrogens (tertiary/aromatic N) is 3. The summed E-state index contributed by atoms with van der Waals surface area (Å²) in [6.45, 7) is 4.16. The molecule has 1 aromatic carbocycles. The lowest BCUT2D eigenvalue weighted by atomic mass is 9.70. The molecule has 7 nitrogen and oxygen atoms in total. The molecule has 0 bridgehead atoms. The Hall–Kier alpha value is -2.67. The van der Waals surface area contributed by atoms with Crippen LogP contribution in [0, 0.1) is 0 Å². The van der Waals surface area contributed by atoms with Crippen LogP contribution in [0.25, 0.3) is 11.3 Å². The number of rotatable bonds is 3. The van der Waals surface area contributed by atoms with E-state index in [1.807, 2.05) is 0 Å². The molecular formula is C21H28N6O. The zero-order chi connectivity index (χ0) is 19.9. The third-order valence-corrected chi connectivity index (χ3v) is 5.95. The highest BCUT2D eigenvalue weighted by molar-refractivity contribution is 6.16. The van der Waals surface area contributed by atoms with E-state index in [1.54, 1.807) is 7.11 Å². The van der Waals surface area contributed by atoms with Crippen molar-refractivity contribution in [3.63, 3.8) is 0 Å². The molecule has 0 unspecified atom stereocenters. The van der Waals surface area contributed by atoms with Crippen LogP contribution in [0.4, 0.5) is 11.5 Å². The summed E-state index contributed by atoms with van der Waals surface area (Å²) in [6, 6.07) is 7.10. The van der Waals surface area contributed by atoms with E-state index >= 15 is 0 Å². The van der Waals surface area contributed by atoms with Crippen LogP contribution in [0.15, 0.2) is 29.7 Å². The summed E-state index contributed by atoms with van der Waals surface area (Å²) in [6.07, 6.45) is 5.83. The normalized spacial score (nSPS) is 24.4. The molecular weight excluding hydrogens is 352 g/mol. The summed E-state index contributed by atoms with van der Waals surface area (Å²) in [5.41, 5.74) is 17.4. The minimum Gasteiger partial charge on any atom is -0.399 e. The van der Waals surface area contributed by atoms with Crippen molar-refractivity contribution in [2.45, 2.75) is 57.0 Å². The first-order chi connectivity index (χ1) is 13.4. The summed E-state index contributed by atoms with van der Waals surface area (Å²) in [5.74, 6) is 0.477. The van der Waals surface area contributed by atoms with Crippen molar-refractivity contribution in [1.29, 1.82) is 0 Å². The molecule has 148 valence electrons. The number of hydrogen-bond acceptors (Lipinski definition) is 7. The van der Waals surface area contributed by atoms with Crippen LogP contribution >= 0.6 is 0 Å². The number of nitrogen functional groups attached to an aromatic ring is 1. The fourth-order valence-electron chi connectivity index (χ4n) is 4.46. The van der Waals surface area contributed by atoms with Gasteiger partial charge in [0.15, 0.2) is 0 Å². The molecule has 1 fully saturated rings. The van der Waals surface area contributed by atoms with E-state index in [0.717, 1.165) is 59.5 Å². The SMILES string of the molecule is CO/N=C1\c2cc(N[C@H]3CC[C@H](N)CC3)ccc2-c2ncnc(N)c2C1(C)C. The van der Waals surface area contributed by atoms with Gasteiger partial charge < -0.3 is 21.6 Å². The van der Waals surface area contributed by atoms with Crippen LogP contribution in [0.5, 0.6) is 0 Å². The molecule has 1 aromatic heterocycles. The third-order valence-electron chi connectivity index (χ3n) is 5.95. The molecule has 2 aliphatic rings. The van der Waals surface area contributed by atoms with Gasteiger partial charge in [-0.25, -0.2) is 9.97 Å². The van der Waals surface area contributed by atoms with Crippen molar-refractivity contribution in [2.75, 3.05) is 18.2 Å². The summed E-state index contributed by atoms with van der Waals surface area (Å²) in [5, 5.41) is 8.04. The summed E-state index contributed by atoms with van der Waals surface area (Å²) in [7, 11) is 1.57. The second-order valence-corrected chi connectivity index (χ2v) is 8.25. The lowest BCUT2D eigenvalue weighted by Crippen LogP contribution is -2.36. The molecule has 5 N–H and O–H groups in total. The maximum absolute atomic E-state index is 6.23. The Morgan fingerprint density at radius 3 is 2.61 bits per heavy atom. The highest BCUT2D eigenvalue weighted by atomic mass is 16.6. The Bertz CT molecular complexity index is 915. The first-order valence-electron chi connectivity index (χ1n) is 9.81. The van der Waals surface area contributed by atoms with Crippen LogP contribution in [0.1, 0.15) is 50.7 Å². The Labute approximate surface area is 165 Å². The van der Waals surface area contributed by atoms with E-state index in [1.165, 1.54) is 6.33 Å². The second-order valence-electron chi connectivity index (χ2n) is 8.25. The largest absolute Gasteiger partial charge is 0.399 e. The Balaban J connectivity index is 1.78. The average molecular weight is 380 g/mol. The molecule has 0 amide bonds. The number of hydrogen-bond donors (Lipinski definition) is 3. The van der Waals surface area contributed by atoms with Crippen molar-refractivity contribution >= 4 is 17.2 Å². The monoisotopic (exact) mass is 380 g/mol. The van der Waals surface area contributed by atoms with Gasteiger partial charge in [0.2, 0.25) is 0 Å². The molecule has 2 aromatic rings. The molecule has 0 saturated heterocycles. The lowest BCUT2D eigenvalue weighted by Gasteiger charge is -2.35. The zero-order valence-electron chi connectivity index (χ0n) is 16.7. The Morgan fingerprint density at radius 2 is 1.89 bits per heavy atom. The van der Waals surface area contributed by atoms with Gasteiger partial charge in [-0.1, -0.05) is 11.2 Å². The molecule has 2 aliphatic carbocycles. The van der Waals surface area contributed by atoms with Gasteiger partial charge in [0, 0.05) is 39.9 Å². The predicted molar refractivity (Wildman–Crippen MR) is 112 cm³/mol. The molecule has 4 rings (SSSR count). The van der Waals surface area contributed by atoms with E-state index < -0.39 is 5.41 Å². The van der Waals surface area contributed by atoms with Crippen LogP contribution in [0.2, 0.25) is 0 Å². The molecule has 1 saturated carbocycles. The molecule has 0 radical (unpaired) electrons. The van der Waals surface area contributed by atoms with Crippen LogP contribution in [0.3, 0.4) is 0 Å². The average Bonchev–Trinajstić information content (AvgIpc) is 2.66. The van der Waals surface area contributed by atoms with Gasteiger partial charge in [-0.15, -0.1) is 0 Å². The van der Waals surface area contributed by atoms with E-state index in [-0.39, 0.29) is 0 Å². The van der Waals surface area contributed by atoms with Crippen molar-refractivity contribution in [2.24, 2.45) is 10.9 Å². The van der Waals surface area contributed by atoms with E-state index in [4.69, 9.17) is 16.3 Å². The fourth-order valence-corrected chi connectivity index (χ4v) is 4.46. The van der Waals surface area contributed by atoms with Gasteiger partial charge in [-0.2, -0.15) is 0 Å². The van der Waals surface area contributed by atoms with Crippen LogP contribution in [-0.2, 0) is 10.3 Å². The molecule has 0 atom stereocenters. The summed E-state index contributed by atoms with van der Waals surface area (Å²) >= 11 is 0. The maximum Gasteiger partial charge on any atom is 0.131 e. The van der Waals surface area contributed by atoms with Crippen LogP contribution in [-0.4, -0.2) is 34.9 Å². The zero-order valence-corrected chi connectivity index (χ0v) is 16.7. The molecule has 0 spiro atoms. The number of nitrogens with one attached hydrogen (secondary N) is 1. The summed E-state index contributed by atoms with van der Waals surface area (Å²) in [4.78, 5) is 14.0. The maximum atomic E-state index is 6.23. The highest BCUT2D eigenvalue weighted by Gasteiger charge is 2.40. The Morgan fingerprint density at radius 1 is 1.14 bits per heavy atom. The van der Waals surface area contributed by atoms with Crippen molar-refractivity contribution in [1.82, 2.24) is 9.97 Å². The molecule has 1 heterocycles. The topological polar surface area (TPSA) is 111 Å². The first-order valence-corrected chi connectivity index (χ1v) is 9.81. The molecule has 0 aliphatic heterocycles. The van der Waals surface area contributed by atoms with Gasteiger partial charge in [-0.3, -0.25) is 0 Å². The van der Waals surface area contributed by atoms with Gasteiger partial charge in [0.25, 0.3) is 0 Å². The highest BCUT2D eigenvalue weighted by Crippen LogP contribution is 2.45. The first kappa shape index (κ1) is 18.7. The van der Waals surface area contributed by atoms with Gasteiger partial charge in [-0.05, 0) is 51.7 Å². The molecule has 7 heteroatoms. The van der Waals surface area contributed by atoms with Crippen molar-refractivity contribution < 1.29 is 4.84 Å².